The average molecular weight is 336 g/mol. The third-order valence-electron chi connectivity index (χ3n) is 4.48. The lowest BCUT2D eigenvalue weighted by Crippen LogP contribution is -2.42. The van der Waals surface area contributed by atoms with E-state index in [4.69, 9.17) is 4.52 Å². The Hall–Kier alpha value is -1.93. The van der Waals surface area contributed by atoms with Crippen molar-refractivity contribution in [3.8, 4) is 0 Å². The number of hydrogen-bond acceptors (Lipinski definition) is 6. The van der Waals surface area contributed by atoms with Crippen LogP contribution in [0.4, 0.5) is 0 Å². The highest BCUT2D eigenvalue weighted by Gasteiger charge is 2.31. The maximum atomic E-state index is 12.3. The predicted molar refractivity (Wildman–Crippen MR) is 85.2 cm³/mol. The molecular weight excluding hydrogens is 312 g/mol. The zero-order chi connectivity index (χ0) is 17.1. The first-order chi connectivity index (χ1) is 11.5. The topological polar surface area (TPSA) is 98.9 Å². The quantitative estimate of drug-likeness (QED) is 0.759. The number of rotatable bonds is 6. The van der Waals surface area contributed by atoms with Crippen LogP contribution in [-0.4, -0.2) is 70.7 Å². The Balaban J connectivity index is 1.60. The van der Waals surface area contributed by atoms with Crippen LogP contribution in [0.1, 0.15) is 24.3 Å². The number of carbonyl (C=O) groups is 2. The zero-order valence-electron chi connectivity index (χ0n) is 13.9. The molecule has 2 heterocycles. The van der Waals surface area contributed by atoms with E-state index < -0.39 is 11.9 Å². The molecule has 2 N–H and O–H groups in total. The largest absolute Gasteiger partial charge is 0.481 e. The molecule has 1 saturated carbocycles. The molecule has 0 bridgehead atoms. The highest BCUT2D eigenvalue weighted by Crippen LogP contribution is 2.18. The van der Waals surface area contributed by atoms with Gasteiger partial charge < -0.3 is 19.8 Å². The Morgan fingerprint density at radius 1 is 1.38 bits per heavy atom. The third-order valence-corrected chi connectivity index (χ3v) is 4.48. The van der Waals surface area contributed by atoms with Crippen molar-refractivity contribution in [2.24, 2.45) is 5.92 Å². The van der Waals surface area contributed by atoms with Crippen LogP contribution in [0, 0.1) is 12.8 Å². The van der Waals surface area contributed by atoms with Crippen LogP contribution in [0.25, 0.3) is 0 Å². The van der Waals surface area contributed by atoms with Crippen LogP contribution in [0.2, 0.25) is 0 Å². The van der Waals surface area contributed by atoms with Crippen molar-refractivity contribution in [2.75, 3.05) is 32.7 Å². The monoisotopic (exact) mass is 336 g/mol. The number of nitrogens with zero attached hydrogens (tertiary/aromatic N) is 3. The van der Waals surface area contributed by atoms with Crippen molar-refractivity contribution in [3.63, 3.8) is 0 Å². The number of aliphatic carboxylic acids is 1. The smallest absolute Gasteiger partial charge is 0.309 e. The fourth-order valence-corrected chi connectivity index (χ4v) is 2.95. The summed E-state index contributed by atoms with van der Waals surface area (Å²) in [5, 5.41) is 16.5. The summed E-state index contributed by atoms with van der Waals surface area (Å²) < 4.78 is 5.22. The van der Waals surface area contributed by atoms with E-state index in [1.54, 1.807) is 4.90 Å². The zero-order valence-corrected chi connectivity index (χ0v) is 13.9. The van der Waals surface area contributed by atoms with Gasteiger partial charge in [0.25, 0.3) is 0 Å². The molecule has 2 aliphatic rings. The van der Waals surface area contributed by atoms with Gasteiger partial charge in [0.15, 0.2) is 5.76 Å². The van der Waals surface area contributed by atoms with E-state index >= 15 is 0 Å². The molecule has 2 fully saturated rings. The van der Waals surface area contributed by atoms with E-state index in [2.05, 4.69) is 10.5 Å². The van der Waals surface area contributed by atoms with Gasteiger partial charge in [-0.05, 0) is 19.8 Å². The van der Waals surface area contributed by atoms with E-state index in [1.165, 1.54) is 0 Å². The lowest BCUT2D eigenvalue weighted by Gasteiger charge is -2.22. The molecule has 1 saturated heterocycles. The normalized spacial score (nSPS) is 22.4. The second kappa shape index (κ2) is 7.31. The van der Waals surface area contributed by atoms with Gasteiger partial charge in [-0.25, -0.2) is 0 Å². The number of aryl methyl sites for hydroxylation is 1. The molecule has 3 rings (SSSR count). The van der Waals surface area contributed by atoms with Crippen molar-refractivity contribution < 1.29 is 19.2 Å². The molecule has 0 aromatic carbocycles. The number of hydrogen-bond donors (Lipinski definition) is 2. The highest BCUT2D eigenvalue weighted by molar-refractivity contribution is 5.79. The van der Waals surface area contributed by atoms with Gasteiger partial charge in [0.2, 0.25) is 5.91 Å². The van der Waals surface area contributed by atoms with Gasteiger partial charge in [0.05, 0.1) is 24.7 Å². The van der Waals surface area contributed by atoms with Crippen LogP contribution in [0.5, 0.6) is 0 Å². The van der Waals surface area contributed by atoms with E-state index in [0.717, 1.165) is 18.5 Å². The summed E-state index contributed by atoms with van der Waals surface area (Å²) in [4.78, 5) is 27.6. The lowest BCUT2D eigenvalue weighted by molar-refractivity contribution is -0.143. The van der Waals surface area contributed by atoms with Gasteiger partial charge in [0.1, 0.15) is 0 Å². The number of carbonyl (C=O) groups excluding carboxylic acids is 1. The summed E-state index contributed by atoms with van der Waals surface area (Å²) in [6.45, 7) is 4.45. The minimum Gasteiger partial charge on any atom is -0.481 e. The van der Waals surface area contributed by atoms with Gasteiger partial charge in [-0.1, -0.05) is 5.16 Å². The average Bonchev–Trinajstić information content (AvgIpc) is 3.31. The number of carboxylic acids is 1. The molecule has 1 aromatic heterocycles. The second-order valence-corrected chi connectivity index (χ2v) is 6.70. The number of nitrogens with one attached hydrogen (secondary N) is 1. The van der Waals surface area contributed by atoms with E-state index in [1.807, 2.05) is 17.9 Å². The molecule has 8 heteroatoms. The summed E-state index contributed by atoms with van der Waals surface area (Å²) in [5.74, 6) is -0.776. The molecule has 1 aromatic rings. The third kappa shape index (κ3) is 4.55. The molecule has 8 nitrogen and oxygen atoms in total. The summed E-state index contributed by atoms with van der Waals surface area (Å²) in [6.07, 6.45) is 2.24. The van der Waals surface area contributed by atoms with Crippen molar-refractivity contribution in [1.29, 1.82) is 0 Å². The Morgan fingerprint density at radius 2 is 2.17 bits per heavy atom. The molecule has 0 radical (unpaired) electrons. The maximum Gasteiger partial charge on any atom is 0.309 e. The molecule has 0 unspecified atom stereocenters. The summed E-state index contributed by atoms with van der Waals surface area (Å²) in [6, 6.07) is 2.31. The molecule has 24 heavy (non-hydrogen) atoms. The molecular formula is C16H24N4O4. The lowest BCUT2D eigenvalue weighted by atomic mass is 10.1. The van der Waals surface area contributed by atoms with Gasteiger partial charge in [0, 0.05) is 38.3 Å². The fraction of sp³-hybridized carbons (Fsp3) is 0.688. The van der Waals surface area contributed by atoms with Crippen LogP contribution < -0.4 is 5.32 Å². The first kappa shape index (κ1) is 16.9. The van der Waals surface area contributed by atoms with Crippen molar-refractivity contribution in [1.82, 2.24) is 20.3 Å². The SMILES string of the molecule is Cc1cc(CN2CCN(C(=O)CNC3CC3)C[C@@H](C(=O)O)C2)on1. The first-order valence-electron chi connectivity index (χ1n) is 8.40. The Kier molecular flexibility index (Phi) is 5.15. The van der Waals surface area contributed by atoms with Crippen molar-refractivity contribution >= 4 is 11.9 Å². The summed E-state index contributed by atoms with van der Waals surface area (Å²) >= 11 is 0. The molecule has 1 aliphatic heterocycles. The predicted octanol–water partition coefficient (Wildman–Crippen LogP) is 0.0800. The van der Waals surface area contributed by atoms with Crippen LogP contribution in [0.15, 0.2) is 10.6 Å². The molecule has 1 atom stereocenters. The van der Waals surface area contributed by atoms with E-state index in [-0.39, 0.29) is 19.0 Å². The number of carboxylic acid groups (broad SMARTS) is 1. The van der Waals surface area contributed by atoms with E-state index in [9.17, 15) is 14.7 Å². The summed E-state index contributed by atoms with van der Waals surface area (Å²) in [5.41, 5.74) is 0.803. The fourth-order valence-electron chi connectivity index (χ4n) is 2.95. The minimum absolute atomic E-state index is 0.0227. The van der Waals surface area contributed by atoms with Gasteiger partial charge in [-0.3, -0.25) is 14.5 Å². The van der Waals surface area contributed by atoms with E-state index in [0.29, 0.717) is 38.0 Å². The number of amides is 1. The molecule has 1 aliphatic carbocycles. The Bertz CT molecular complexity index is 599. The molecule has 1 amide bonds. The van der Waals surface area contributed by atoms with Crippen LogP contribution in [0.3, 0.4) is 0 Å². The van der Waals surface area contributed by atoms with Crippen LogP contribution in [-0.2, 0) is 16.1 Å². The van der Waals surface area contributed by atoms with Gasteiger partial charge in [-0.15, -0.1) is 0 Å². The summed E-state index contributed by atoms with van der Waals surface area (Å²) in [7, 11) is 0. The van der Waals surface area contributed by atoms with Crippen LogP contribution >= 0.6 is 0 Å². The van der Waals surface area contributed by atoms with Crippen molar-refractivity contribution in [3.05, 3.63) is 17.5 Å². The maximum absolute atomic E-state index is 12.3. The molecule has 132 valence electrons. The molecule has 0 spiro atoms. The second-order valence-electron chi connectivity index (χ2n) is 6.70. The van der Waals surface area contributed by atoms with Gasteiger partial charge >= 0.3 is 5.97 Å². The Morgan fingerprint density at radius 3 is 2.79 bits per heavy atom. The Labute approximate surface area is 140 Å². The van der Waals surface area contributed by atoms with Gasteiger partial charge in [-0.2, -0.15) is 0 Å². The standard InChI is InChI=1S/C16H24N4O4/c1-11-6-14(24-18-11)10-19-4-5-20(9-12(8-19)16(22)23)15(21)7-17-13-2-3-13/h6,12-13,17H,2-5,7-10H2,1H3,(H,22,23)/t12-/m0/s1. The minimum atomic E-state index is -0.872. The first-order valence-corrected chi connectivity index (χ1v) is 8.40. The number of aromatic nitrogens is 1. The van der Waals surface area contributed by atoms with Crippen molar-refractivity contribution in [2.45, 2.75) is 32.4 Å². The highest BCUT2D eigenvalue weighted by atomic mass is 16.5.